The SMILES string of the molecule is CCOc1ccc(NC(=O)c2cnc(Nc3cccc(NC(C)=O)c3)cn2)cc1. The van der Waals surface area contributed by atoms with Crippen LogP contribution in [-0.2, 0) is 4.79 Å². The smallest absolute Gasteiger partial charge is 0.275 e. The van der Waals surface area contributed by atoms with Crippen LogP contribution in [0, 0.1) is 0 Å². The summed E-state index contributed by atoms with van der Waals surface area (Å²) in [5, 5.41) is 8.56. The van der Waals surface area contributed by atoms with Crippen LogP contribution in [0.25, 0.3) is 0 Å². The van der Waals surface area contributed by atoms with Gasteiger partial charge in [-0.15, -0.1) is 0 Å². The molecule has 3 rings (SSSR count). The van der Waals surface area contributed by atoms with Gasteiger partial charge in [-0.05, 0) is 49.4 Å². The number of rotatable bonds is 7. The highest BCUT2D eigenvalue weighted by molar-refractivity contribution is 6.02. The van der Waals surface area contributed by atoms with Gasteiger partial charge in [0.2, 0.25) is 5.91 Å². The molecule has 0 radical (unpaired) electrons. The molecule has 0 unspecified atom stereocenters. The van der Waals surface area contributed by atoms with E-state index in [1.165, 1.54) is 19.3 Å². The minimum absolute atomic E-state index is 0.148. The Balaban J connectivity index is 1.62. The third-order valence-electron chi connectivity index (χ3n) is 3.76. The molecular formula is C21H21N5O3. The first-order valence-electron chi connectivity index (χ1n) is 9.04. The minimum Gasteiger partial charge on any atom is -0.494 e. The number of carbonyl (C=O) groups is 2. The number of nitrogens with one attached hydrogen (secondary N) is 3. The van der Waals surface area contributed by atoms with Gasteiger partial charge >= 0.3 is 0 Å². The van der Waals surface area contributed by atoms with E-state index in [-0.39, 0.29) is 17.5 Å². The molecule has 0 fully saturated rings. The number of amides is 2. The van der Waals surface area contributed by atoms with Crippen molar-refractivity contribution < 1.29 is 14.3 Å². The third kappa shape index (κ3) is 5.77. The molecule has 3 aromatic rings. The Kier molecular flexibility index (Phi) is 6.36. The number of hydrogen-bond donors (Lipinski definition) is 3. The highest BCUT2D eigenvalue weighted by Gasteiger charge is 2.09. The van der Waals surface area contributed by atoms with Crippen LogP contribution in [0.5, 0.6) is 5.75 Å². The first-order valence-corrected chi connectivity index (χ1v) is 9.04. The largest absolute Gasteiger partial charge is 0.494 e. The molecule has 1 aromatic heterocycles. The van der Waals surface area contributed by atoms with Crippen LogP contribution in [-0.4, -0.2) is 28.4 Å². The summed E-state index contributed by atoms with van der Waals surface area (Å²) in [6.07, 6.45) is 2.86. The van der Waals surface area contributed by atoms with E-state index in [0.29, 0.717) is 23.8 Å². The Bertz CT molecular complexity index is 988. The van der Waals surface area contributed by atoms with Crippen LogP contribution in [0.4, 0.5) is 22.9 Å². The summed E-state index contributed by atoms with van der Waals surface area (Å²) < 4.78 is 5.38. The molecule has 3 N–H and O–H groups in total. The minimum atomic E-state index is -0.360. The van der Waals surface area contributed by atoms with Crippen LogP contribution in [0.15, 0.2) is 60.9 Å². The molecule has 0 aliphatic heterocycles. The molecule has 0 aliphatic carbocycles. The fraction of sp³-hybridized carbons (Fsp3) is 0.143. The number of anilines is 4. The third-order valence-corrected chi connectivity index (χ3v) is 3.76. The van der Waals surface area contributed by atoms with Gasteiger partial charge in [0.05, 0.1) is 19.0 Å². The monoisotopic (exact) mass is 391 g/mol. The van der Waals surface area contributed by atoms with E-state index in [2.05, 4.69) is 25.9 Å². The topological polar surface area (TPSA) is 105 Å². The lowest BCUT2D eigenvalue weighted by Crippen LogP contribution is -2.14. The van der Waals surface area contributed by atoms with Gasteiger partial charge in [0.25, 0.3) is 5.91 Å². The zero-order chi connectivity index (χ0) is 20.6. The normalized spacial score (nSPS) is 10.1. The molecule has 8 heteroatoms. The Hall–Kier alpha value is -3.94. The first-order chi connectivity index (χ1) is 14.0. The lowest BCUT2D eigenvalue weighted by atomic mass is 10.2. The fourth-order valence-electron chi connectivity index (χ4n) is 2.53. The highest BCUT2D eigenvalue weighted by atomic mass is 16.5. The summed E-state index contributed by atoms with van der Waals surface area (Å²) >= 11 is 0. The van der Waals surface area contributed by atoms with Crippen molar-refractivity contribution in [2.24, 2.45) is 0 Å². The van der Waals surface area contributed by atoms with Gasteiger partial charge in [-0.3, -0.25) is 9.59 Å². The van der Waals surface area contributed by atoms with Gasteiger partial charge < -0.3 is 20.7 Å². The average molecular weight is 391 g/mol. The van der Waals surface area contributed by atoms with Crippen molar-refractivity contribution in [3.8, 4) is 5.75 Å². The Morgan fingerprint density at radius 1 is 0.931 bits per heavy atom. The van der Waals surface area contributed by atoms with E-state index in [1.54, 1.807) is 42.5 Å². The van der Waals surface area contributed by atoms with E-state index in [4.69, 9.17) is 4.74 Å². The van der Waals surface area contributed by atoms with Crippen LogP contribution >= 0.6 is 0 Å². The summed E-state index contributed by atoms with van der Waals surface area (Å²) in [5.74, 6) is 0.705. The van der Waals surface area contributed by atoms with Gasteiger partial charge in [0.1, 0.15) is 17.3 Å². The van der Waals surface area contributed by atoms with Crippen LogP contribution < -0.4 is 20.7 Å². The highest BCUT2D eigenvalue weighted by Crippen LogP contribution is 2.19. The number of hydrogen-bond acceptors (Lipinski definition) is 6. The van der Waals surface area contributed by atoms with Crippen LogP contribution in [0.3, 0.4) is 0 Å². The second-order valence-electron chi connectivity index (χ2n) is 6.09. The first kappa shape index (κ1) is 19.8. The quantitative estimate of drug-likeness (QED) is 0.565. The summed E-state index contributed by atoms with van der Waals surface area (Å²) in [5.41, 5.74) is 2.23. The van der Waals surface area contributed by atoms with Crippen molar-refractivity contribution in [3.63, 3.8) is 0 Å². The average Bonchev–Trinajstić information content (AvgIpc) is 2.70. The number of benzene rings is 2. The van der Waals surface area contributed by atoms with E-state index < -0.39 is 0 Å². The fourth-order valence-corrected chi connectivity index (χ4v) is 2.53. The predicted molar refractivity (Wildman–Crippen MR) is 112 cm³/mol. The Morgan fingerprint density at radius 2 is 1.69 bits per heavy atom. The maximum Gasteiger partial charge on any atom is 0.275 e. The predicted octanol–water partition coefficient (Wildman–Crippen LogP) is 3.83. The number of carbonyl (C=O) groups excluding carboxylic acids is 2. The maximum atomic E-state index is 12.3. The molecule has 0 spiro atoms. The Labute approximate surface area is 168 Å². The molecule has 0 aliphatic rings. The van der Waals surface area contributed by atoms with Gasteiger partial charge in [0.15, 0.2) is 0 Å². The molecule has 0 bridgehead atoms. The molecule has 29 heavy (non-hydrogen) atoms. The molecule has 0 saturated carbocycles. The number of nitrogens with zero attached hydrogens (tertiary/aromatic N) is 2. The molecule has 2 aromatic carbocycles. The molecule has 0 saturated heterocycles. The van der Waals surface area contributed by atoms with E-state index in [1.807, 2.05) is 13.0 Å². The lowest BCUT2D eigenvalue weighted by Gasteiger charge is -2.09. The molecule has 8 nitrogen and oxygen atoms in total. The molecule has 148 valence electrons. The van der Waals surface area contributed by atoms with Gasteiger partial charge in [-0.1, -0.05) is 6.07 Å². The van der Waals surface area contributed by atoms with Crippen LogP contribution in [0.2, 0.25) is 0 Å². The molecule has 1 heterocycles. The summed E-state index contributed by atoms with van der Waals surface area (Å²) in [6, 6.07) is 14.3. The zero-order valence-corrected chi connectivity index (χ0v) is 16.1. The van der Waals surface area contributed by atoms with Gasteiger partial charge in [-0.25, -0.2) is 9.97 Å². The number of ether oxygens (including phenoxy) is 1. The zero-order valence-electron chi connectivity index (χ0n) is 16.1. The van der Waals surface area contributed by atoms with E-state index in [0.717, 1.165) is 11.4 Å². The summed E-state index contributed by atoms with van der Waals surface area (Å²) in [7, 11) is 0. The van der Waals surface area contributed by atoms with Gasteiger partial charge in [-0.2, -0.15) is 0 Å². The molecule has 0 atom stereocenters. The Morgan fingerprint density at radius 3 is 2.34 bits per heavy atom. The van der Waals surface area contributed by atoms with Crippen molar-refractivity contribution in [1.82, 2.24) is 9.97 Å². The lowest BCUT2D eigenvalue weighted by molar-refractivity contribution is -0.114. The summed E-state index contributed by atoms with van der Waals surface area (Å²) in [6.45, 7) is 3.94. The van der Waals surface area contributed by atoms with Crippen molar-refractivity contribution >= 4 is 34.7 Å². The van der Waals surface area contributed by atoms with Crippen molar-refractivity contribution in [1.29, 1.82) is 0 Å². The maximum absolute atomic E-state index is 12.3. The van der Waals surface area contributed by atoms with E-state index in [9.17, 15) is 9.59 Å². The molecular weight excluding hydrogens is 370 g/mol. The second-order valence-corrected chi connectivity index (χ2v) is 6.09. The van der Waals surface area contributed by atoms with Crippen molar-refractivity contribution in [3.05, 3.63) is 66.6 Å². The summed E-state index contributed by atoms with van der Waals surface area (Å²) in [4.78, 5) is 31.9. The van der Waals surface area contributed by atoms with Gasteiger partial charge in [0, 0.05) is 24.0 Å². The van der Waals surface area contributed by atoms with Crippen LogP contribution in [0.1, 0.15) is 24.3 Å². The number of aromatic nitrogens is 2. The second kappa shape index (κ2) is 9.32. The van der Waals surface area contributed by atoms with E-state index >= 15 is 0 Å². The van der Waals surface area contributed by atoms with Crippen molar-refractivity contribution in [2.75, 3.05) is 22.6 Å². The standard InChI is InChI=1S/C21H21N5O3/c1-3-29-18-9-7-15(8-10-18)26-21(28)19-12-23-20(13-22-19)25-17-6-4-5-16(11-17)24-14(2)27/h4-13H,3H2,1-2H3,(H,23,25)(H,24,27)(H,26,28). The van der Waals surface area contributed by atoms with Crippen molar-refractivity contribution in [2.45, 2.75) is 13.8 Å². The molecule has 2 amide bonds.